The monoisotopic (exact) mass is 954 g/mol. The molecule has 0 aromatic heterocycles. The van der Waals surface area contributed by atoms with Gasteiger partial charge in [-0.2, -0.15) is 0 Å². The number of amides is 1. The normalized spacial score (nSPS) is 14.0. The summed E-state index contributed by atoms with van der Waals surface area (Å²) in [6.07, 6.45) is 70.2. The summed E-state index contributed by atoms with van der Waals surface area (Å²) in [5.74, 6) is -0.544. The van der Waals surface area contributed by atoms with Crippen LogP contribution in [0.4, 0.5) is 0 Å². The molecule has 67 heavy (non-hydrogen) atoms. The van der Waals surface area contributed by atoms with Gasteiger partial charge in [0.05, 0.1) is 13.2 Å². The average Bonchev–Trinajstić information content (AvgIpc) is 3.32. The third kappa shape index (κ3) is 53.5. The van der Waals surface area contributed by atoms with Crippen LogP contribution >= 0.6 is 7.82 Å². The minimum absolute atomic E-state index is 0.0670. The SMILES string of the molecule is CC/C=C\C/C=C\C/C=C\C/C=C\C/C=C\CCCCCCCCCC(=O)NCCOP(=O)(O)OCC(O)COC(=O)CCCCCCCCC/C=C\C/C=C\C/C=C\C/C=C\CCCCC. The van der Waals surface area contributed by atoms with Crippen molar-refractivity contribution in [2.75, 3.05) is 26.4 Å². The lowest BCUT2D eigenvalue weighted by Gasteiger charge is -2.15. The van der Waals surface area contributed by atoms with E-state index in [0.717, 1.165) is 109 Å². The van der Waals surface area contributed by atoms with E-state index in [1.54, 1.807) is 0 Å². The maximum absolute atomic E-state index is 12.2. The summed E-state index contributed by atoms with van der Waals surface area (Å²) in [5.41, 5.74) is 0. The van der Waals surface area contributed by atoms with E-state index in [-0.39, 0.29) is 32.1 Å². The lowest BCUT2D eigenvalue weighted by atomic mass is 10.1. The fourth-order valence-electron chi connectivity index (χ4n) is 6.74. The highest BCUT2D eigenvalue weighted by atomic mass is 31.2. The summed E-state index contributed by atoms with van der Waals surface area (Å²) in [4.78, 5) is 34.1. The Balaban J connectivity index is 3.64. The van der Waals surface area contributed by atoms with Crippen molar-refractivity contribution in [1.29, 1.82) is 0 Å². The third-order valence-corrected chi connectivity index (χ3v) is 11.7. The topological polar surface area (TPSA) is 131 Å². The van der Waals surface area contributed by atoms with Gasteiger partial charge >= 0.3 is 13.8 Å². The van der Waals surface area contributed by atoms with Gasteiger partial charge in [0.1, 0.15) is 12.7 Å². The Morgan fingerprint density at radius 3 is 1.28 bits per heavy atom. The fraction of sp³-hybridized carbons (Fsp3) is 0.649. The van der Waals surface area contributed by atoms with Crippen molar-refractivity contribution in [2.45, 2.75) is 213 Å². The molecule has 10 heteroatoms. The van der Waals surface area contributed by atoms with Crippen LogP contribution in [0.2, 0.25) is 0 Å². The molecule has 0 aliphatic carbocycles. The van der Waals surface area contributed by atoms with Gasteiger partial charge in [0, 0.05) is 19.4 Å². The number of allylic oxidation sites excluding steroid dienone is 18. The highest BCUT2D eigenvalue weighted by Crippen LogP contribution is 2.42. The van der Waals surface area contributed by atoms with Crippen molar-refractivity contribution in [3.05, 3.63) is 109 Å². The molecule has 0 heterocycles. The Hall–Kier alpha value is -3.33. The summed E-state index contributed by atoms with van der Waals surface area (Å²) in [7, 11) is -4.44. The van der Waals surface area contributed by atoms with E-state index in [1.165, 1.54) is 70.6 Å². The predicted molar refractivity (Wildman–Crippen MR) is 284 cm³/mol. The Kier molecular flexibility index (Phi) is 49.5. The maximum Gasteiger partial charge on any atom is 0.472 e. The number of nitrogens with one attached hydrogen (secondary N) is 1. The number of aliphatic hydroxyl groups is 1. The summed E-state index contributed by atoms with van der Waals surface area (Å²) in [5, 5.41) is 12.8. The minimum atomic E-state index is -4.44. The van der Waals surface area contributed by atoms with Gasteiger partial charge in [-0.15, -0.1) is 0 Å². The van der Waals surface area contributed by atoms with Crippen LogP contribution in [0.15, 0.2) is 109 Å². The molecule has 0 aromatic rings. The first kappa shape index (κ1) is 63.7. The molecule has 0 saturated heterocycles. The van der Waals surface area contributed by atoms with E-state index in [0.29, 0.717) is 6.42 Å². The molecule has 0 spiro atoms. The zero-order chi connectivity index (χ0) is 48.8. The van der Waals surface area contributed by atoms with Crippen molar-refractivity contribution in [3.8, 4) is 0 Å². The molecule has 3 N–H and O–H groups in total. The number of unbranched alkanes of at least 4 members (excludes halogenated alkanes) is 17. The smallest absolute Gasteiger partial charge is 0.463 e. The second-order valence-electron chi connectivity index (χ2n) is 17.1. The number of hydrogen-bond acceptors (Lipinski definition) is 7. The van der Waals surface area contributed by atoms with E-state index in [9.17, 15) is 24.2 Å². The van der Waals surface area contributed by atoms with Crippen LogP contribution in [0.3, 0.4) is 0 Å². The first-order valence-electron chi connectivity index (χ1n) is 26.4. The first-order chi connectivity index (χ1) is 32.8. The highest BCUT2D eigenvalue weighted by molar-refractivity contribution is 7.47. The number of esters is 1. The van der Waals surface area contributed by atoms with Crippen LogP contribution in [0.1, 0.15) is 206 Å². The number of rotatable bonds is 48. The van der Waals surface area contributed by atoms with Crippen LogP contribution in [-0.2, 0) is 27.9 Å². The maximum atomic E-state index is 12.2. The third-order valence-electron chi connectivity index (χ3n) is 10.7. The molecule has 1 amide bonds. The van der Waals surface area contributed by atoms with Crippen molar-refractivity contribution in [3.63, 3.8) is 0 Å². The van der Waals surface area contributed by atoms with Gasteiger partial charge < -0.3 is 20.1 Å². The van der Waals surface area contributed by atoms with Crippen molar-refractivity contribution >= 4 is 19.7 Å². The molecule has 0 aromatic carbocycles. The molecule has 0 radical (unpaired) electrons. The van der Waals surface area contributed by atoms with Crippen LogP contribution in [0, 0.1) is 0 Å². The molecule has 0 aliphatic rings. The molecule has 382 valence electrons. The Bertz CT molecular complexity index is 1460. The molecular weight excluding hydrogens is 858 g/mol. The zero-order valence-corrected chi connectivity index (χ0v) is 43.2. The number of carbonyl (C=O) groups is 2. The summed E-state index contributed by atoms with van der Waals surface area (Å²) in [6, 6.07) is 0. The van der Waals surface area contributed by atoms with Gasteiger partial charge in [0.15, 0.2) is 0 Å². The lowest BCUT2D eigenvalue weighted by molar-refractivity contribution is -0.147. The molecule has 0 saturated carbocycles. The van der Waals surface area contributed by atoms with Gasteiger partial charge in [-0.1, -0.05) is 200 Å². The van der Waals surface area contributed by atoms with E-state index in [1.807, 2.05) is 0 Å². The number of aliphatic hydroxyl groups excluding tert-OH is 1. The van der Waals surface area contributed by atoms with Crippen LogP contribution in [0.5, 0.6) is 0 Å². The van der Waals surface area contributed by atoms with E-state index in [2.05, 4.69) is 129 Å². The molecule has 2 unspecified atom stereocenters. The number of phosphoric acid groups is 1. The largest absolute Gasteiger partial charge is 0.472 e. The quantitative estimate of drug-likeness (QED) is 0.0238. The van der Waals surface area contributed by atoms with E-state index >= 15 is 0 Å². The number of phosphoric ester groups is 1. The highest BCUT2D eigenvalue weighted by Gasteiger charge is 2.23. The molecule has 0 aliphatic heterocycles. The second-order valence-corrected chi connectivity index (χ2v) is 18.6. The molecule has 0 bridgehead atoms. The van der Waals surface area contributed by atoms with Crippen molar-refractivity contribution in [2.24, 2.45) is 0 Å². The van der Waals surface area contributed by atoms with Crippen LogP contribution < -0.4 is 5.32 Å². The fourth-order valence-corrected chi connectivity index (χ4v) is 7.50. The Morgan fingerprint density at radius 2 is 0.851 bits per heavy atom. The van der Waals surface area contributed by atoms with Gasteiger partial charge in [-0.05, 0) is 103 Å². The summed E-state index contributed by atoms with van der Waals surface area (Å²) < 4.78 is 27.0. The molecular formula is C57H96NO8P. The van der Waals surface area contributed by atoms with Gasteiger partial charge in [-0.3, -0.25) is 18.6 Å². The summed E-state index contributed by atoms with van der Waals surface area (Å²) >= 11 is 0. The second kappa shape index (κ2) is 52.0. The van der Waals surface area contributed by atoms with E-state index < -0.39 is 26.5 Å². The Labute approximate surface area is 409 Å². The minimum Gasteiger partial charge on any atom is -0.463 e. The van der Waals surface area contributed by atoms with Crippen molar-refractivity contribution in [1.82, 2.24) is 5.32 Å². The van der Waals surface area contributed by atoms with Crippen molar-refractivity contribution < 1.29 is 37.9 Å². The van der Waals surface area contributed by atoms with Gasteiger partial charge in [0.25, 0.3) is 0 Å². The standard InChI is InChI=1S/C57H96NO8P/c1-3-5-7-9-11-13-15-17-19-21-23-25-27-29-31-33-35-37-39-41-43-45-47-49-56(60)58-51-52-65-67(62,63)66-54-55(59)53-64-57(61)50-48-46-44-42-40-38-36-34-32-30-28-26-24-22-20-18-16-14-12-10-8-6-4-2/h5,7,11-14,17-20,23-26,29-32,55,59H,3-4,6,8-10,15-16,21-22,27-28,33-54H2,1-2H3,(H,58,60)(H,62,63)/b7-5-,13-11-,14-12-,19-17-,20-18-,25-23-,26-24-,31-29-,32-30-. The molecule has 2 atom stereocenters. The number of hydrogen-bond donors (Lipinski definition) is 3. The zero-order valence-electron chi connectivity index (χ0n) is 42.3. The first-order valence-corrected chi connectivity index (χ1v) is 27.9. The lowest BCUT2D eigenvalue weighted by Crippen LogP contribution is -2.27. The molecule has 9 nitrogen and oxygen atoms in total. The van der Waals surface area contributed by atoms with Gasteiger partial charge in [-0.25, -0.2) is 4.57 Å². The van der Waals surface area contributed by atoms with Crippen LogP contribution in [-0.4, -0.2) is 54.3 Å². The molecule has 0 rings (SSSR count). The average molecular weight is 954 g/mol. The summed E-state index contributed by atoms with van der Waals surface area (Å²) in [6.45, 7) is 3.38. The Morgan fingerprint density at radius 1 is 0.478 bits per heavy atom. The van der Waals surface area contributed by atoms with E-state index in [4.69, 9.17) is 13.8 Å². The number of carbonyl (C=O) groups excluding carboxylic acids is 2. The van der Waals surface area contributed by atoms with Crippen LogP contribution in [0.25, 0.3) is 0 Å². The predicted octanol–water partition coefficient (Wildman–Crippen LogP) is 15.9. The molecule has 0 fully saturated rings. The van der Waals surface area contributed by atoms with Gasteiger partial charge in [0.2, 0.25) is 5.91 Å². The number of ether oxygens (including phenoxy) is 1.